The van der Waals surface area contributed by atoms with Crippen LogP contribution in [-0.4, -0.2) is 23.6 Å². The van der Waals surface area contributed by atoms with Crippen molar-refractivity contribution in [2.45, 2.75) is 26.2 Å². The Hall–Kier alpha value is -2.82. The maximum absolute atomic E-state index is 11.9. The zero-order chi connectivity index (χ0) is 17.5. The zero-order valence-corrected chi connectivity index (χ0v) is 13.8. The van der Waals surface area contributed by atoms with Crippen LogP contribution in [0.1, 0.15) is 30.9 Å². The van der Waals surface area contributed by atoms with Gasteiger partial charge in [-0.1, -0.05) is 38.1 Å². The lowest BCUT2D eigenvalue weighted by Crippen LogP contribution is -2.20. The van der Waals surface area contributed by atoms with Crippen molar-refractivity contribution in [3.8, 4) is 5.75 Å². The molecule has 0 bridgehead atoms. The second-order valence-electron chi connectivity index (χ2n) is 5.83. The van der Waals surface area contributed by atoms with Gasteiger partial charge in [0.25, 0.3) is 5.91 Å². The van der Waals surface area contributed by atoms with E-state index in [1.807, 2.05) is 24.3 Å². The minimum absolute atomic E-state index is 0.0809. The minimum Gasteiger partial charge on any atom is -0.484 e. The summed E-state index contributed by atoms with van der Waals surface area (Å²) in [6.07, 6.45) is -0.0809. The molecule has 0 fully saturated rings. The monoisotopic (exact) mass is 327 g/mol. The summed E-state index contributed by atoms with van der Waals surface area (Å²) in [7, 11) is 0. The highest BCUT2D eigenvalue weighted by Gasteiger charge is 2.06. The number of benzene rings is 2. The molecule has 0 saturated heterocycles. The molecule has 2 aromatic carbocycles. The molecule has 0 spiro atoms. The van der Waals surface area contributed by atoms with Crippen molar-refractivity contribution in [3.63, 3.8) is 0 Å². The van der Waals surface area contributed by atoms with Gasteiger partial charge in [-0.25, -0.2) is 0 Å². The standard InChI is InChI=1S/C19H21NO4/c1-13(2)15-6-8-17(9-7-15)24-12-18(21)20-16-5-3-4-14(10-16)11-19(22)23/h3-10,13H,11-12H2,1-2H3,(H,20,21)(H,22,23). The van der Waals surface area contributed by atoms with Crippen molar-refractivity contribution < 1.29 is 19.4 Å². The average Bonchev–Trinajstić information content (AvgIpc) is 2.53. The quantitative estimate of drug-likeness (QED) is 0.816. The molecule has 24 heavy (non-hydrogen) atoms. The van der Waals surface area contributed by atoms with Crippen LogP contribution in [0.15, 0.2) is 48.5 Å². The van der Waals surface area contributed by atoms with E-state index in [1.165, 1.54) is 5.56 Å². The number of hydrogen-bond acceptors (Lipinski definition) is 3. The topological polar surface area (TPSA) is 75.6 Å². The van der Waals surface area contributed by atoms with Crippen molar-refractivity contribution in [3.05, 3.63) is 59.7 Å². The van der Waals surface area contributed by atoms with Crippen molar-refractivity contribution in [1.29, 1.82) is 0 Å². The Labute approximate surface area is 141 Å². The van der Waals surface area contributed by atoms with Gasteiger partial charge in [-0.05, 0) is 41.3 Å². The molecule has 0 aliphatic heterocycles. The molecule has 0 aliphatic rings. The van der Waals surface area contributed by atoms with Crippen LogP contribution >= 0.6 is 0 Å². The largest absolute Gasteiger partial charge is 0.484 e. The lowest BCUT2D eigenvalue weighted by molar-refractivity contribution is -0.136. The number of ether oxygens (including phenoxy) is 1. The summed E-state index contributed by atoms with van der Waals surface area (Å²) in [5.74, 6) is -0.128. The fourth-order valence-electron chi connectivity index (χ4n) is 2.23. The number of aliphatic carboxylic acids is 1. The molecule has 1 amide bonds. The maximum atomic E-state index is 11.9. The number of carbonyl (C=O) groups is 2. The third kappa shape index (κ3) is 5.43. The van der Waals surface area contributed by atoms with Gasteiger partial charge in [0.1, 0.15) is 5.75 Å². The first-order valence-corrected chi connectivity index (χ1v) is 7.77. The lowest BCUT2D eigenvalue weighted by Gasteiger charge is -2.10. The van der Waals surface area contributed by atoms with E-state index in [0.717, 1.165) is 0 Å². The van der Waals surface area contributed by atoms with Crippen molar-refractivity contribution >= 4 is 17.6 Å². The third-order valence-corrected chi connectivity index (χ3v) is 3.48. The number of hydrogen-bond donors (Lipinski definition) is 2. The molecular formula is C19H21NO4. The molecule has 0 aromatic heterocycles. The molecule has 2 aromatic rings. The van der Waals surface area contributed by atoms with E-state index in [1.54, 1.807) is 24.3 Å². The summed E-state index contributed by atoms with van der Waals surface area (Å²) in [5, 5.41) is 11.5. The molecule has 5 nitrogen and oxygen atoms in total. The number of nitrogens with one attached hydrogen (secondary N) is 1. The van der Waals surface area contributed by atoms with E-state index < -0.39 is 5.97 Å². The normalized spacial score (nSPS) is 10.5. The van der Waals surface area contributed by atoms with Gasteiger partial charge in [-0.15, -0.1) is 0 Å². The van der Waals surface area contributed by atoms with Gasteiger partial charge < -0.3 is 15.2 Å². The zero-order valence-electron chi connectivity index (χ0n) is 13.8. The van der Waals surface area contributed by atoms with Gasteiger partial charge in [-0.2, -0.15) is 0 Å². The average molecular weight is 327 g/mol. The van der Waals surface area contributed by atoms with E-state index in [4.69, 9.17) is 9.84 Å². The summed E-state index contributed by atoms with van der Waals surface area (Å²) in [6.45, 7) is 4.12. The number of amides is 1. The first-order valence-electron chi connectivity index (χ1n) is 7.77. The summed E-state index contributed by atoms with van der Waals surface area (Å²) in [4.78, 5) is 22.7. The van der Waals surface area contributed by atoms with Gasteiger partial charge in [0.05, 0.1) is 6.42 Å². The fraction of sp³-hybridized carbons (Fsp3) is 0.263. The fourth-order valence-corrected chi connectivity index (χ4v) is 2.23. The Bertz CT molecular complexity index is 708. The molecule has 5 heteroatoms. The van der Waals surface area contributed by atoms with Crippen LogP contribution in [0.3, 0.4) is 0 Å². The van der Waals surface area contributed by atoms with Crippen LogP contribution in [0.5, 0.6) is 5.75 Å². The SMILES string of the molecule is CC(C)c1ccc(OCC(=O)Nc2cccc(CC(=O)O)c2)cc1. The van der Waals surface area contributed by atoms with Gasteiger partial charge in [0.2, 0.25) is 0 Å². The molecule has 126 valence electrons. The van der Waals surface area contributed by atoms with Crippen LogP contribution in [0.4, 0.5) is 5.69 Å². The number of carboxylic acid groups (broad SMARTS) is 1. The molecule has 0 aliphatic carbocycles. The van der Waals surface area contributed by atoms with Crippen LogP contribution in [0.2, 0.25) is 0 Å². The second kappa shape index (κ2) is 8.15. The molecule has 0 heterocycles. The predicted octanol–water partition coefficient (Wildman–Crippen LogP) is 3.45. The van der Waals surface area contributed by atoms with E-state index in [0.29, 0.717) is 22.9 Å². The van der Waals surface area contributed by atoms with Crippen molar-refractivity contribution in [2.24, 2.45) is 0 Å². The van der Waals surface area contributed by atoms with Gasteiger partial charge in [0, 0.05) is 5.69 Å². The van der Waals surface area contributed by atoms with Gasteiger partial charge in [-0.3, -0.25) is 9.59 Å². The molecule has 0 atom stereocenters. The summed E-state index contributed by atoms with van der Waals surface area (Å²) >= 11 is 0. The Balaban J connectivity index is 1.88. The van der Waals surface area contributed by atoms with Crippen LogP contribution < -0.4 is 10.1 Å². The second-order valence-corrected chi connectivity index (χ2v) is 5.83. The minimum atomic E-state index is -0.911. The number of carbonyl (C=O) groups excluding carboxylic acids is 1. The van der Waals surface area contributed by atoms with Gasteiger partial charge >= 0.3 is 5.97 Å². The molecule has 0 radical (unpaired) electrons. The van der Waals surface area contributed by atoms with Crippen LogP contribution in [0, 0.1) is 0 Å². The van der Waals surface area contributed by atoms with Crippen molar-refractivity contribution in [1.82, 2.24) is 0 Å². The molecule has 2 rings (SSSR count). The molecule has 0 saturated carbocycles. The predicted molar refractivity (Wildman–Crippen MR) is 92.4 cm³/mol. The smallest absolute Gasteiger partial charge is 0.307 e. The molecular weight excluding hydrogens is 306 g/mol. The van der Waals surface area contributed by atoms with Crippen LogP contribution in [0.25, 0.3) is 0 Å². The Morgan fingerprint density at radius 1 is 1.12 bits per heavy atom. The first-order chi connectivity index (χ1) is 11.4. The Morgan fingerprint density at radius 3 is 2.46 bits per heavy atom. The lowest BCUT2D eigenvalue weighted by atomic mass is 10.0. The third-order valence-electron chi connectivity index (χ3n) is 3.48. The van der Waals surface area contributed by atoms with E-state index in [-0.39, 0.29) is 18.9 Å². The highest BCUT2D eigenvalue weighted by atomic mass is 16.5. The van der Waals surface area contributed by atoms with Crippen LogP contribution in [-0.2, 0) is 16.0 Å². The highest BCUT2D eigenvalue weighted by Crippen LogP contribution is 2.18. The first kappa shape index (κ1) is 17.5. The maximum Gasteiger partial charge on any atom is 0.307 e. The number of anilines is 1. The Kier molecular flexibility index (Phi) is 5.95. The summed E-state index contributed by atoms with van der Waals surface area (Å²) in [5.41, 5.74) is 2.39. The summed E-state index contributed by atoms with van der Waals surface area (Å²) in [6, 6.07) is 14.4. The number of rotatable bonds is 7. The highest BCUT2D eigenvalue weighted by molar-refractivity contribution is 5.92. The molecule has 0 unspecified atom stereocenters. The Morgan fingerprint density at radius 2 is 1.83 bits per heavy atom. The van der Waals surface area contributed by atoms with E-state index in [9.17, 15) is 9.59 Å². The summed E-state index contributed by atoms with van der Waals surface area (Å²) < 4.78 is 5.46. The van der Waals surface area contributed by atoms with Gasteiger partial charge in [0.15, 0.2) is 6.61 Å². The van der Waals surface area contributed by atoms with Crippen molar-refractivity contribution in [2.75, 3.05) is 11.9 Å². The number of carboxylic acids is 1. The molecule has 2 N–H and O–H groups in total. The van der Waals surface area contributed by atoms with E-state index in [2.05, 4.69) is 19.2 Å². The van der Waals surface area contributed by atoms with E-state index >= 15 is 0 Å².